The summed E-state index contributed by atoms with van der Waals surface area (Å²) in [7, 11) is 1.65. The lowest BCUT2D eigenvalue weighted by Gasteiger charge is -2.41. The SMILES string of the molecule is COCCOCCOCCOCCOCCOCCOCCOCCOCCOCCOCCOCCOC1(C(C)C)CCNCC1.Cl. The van der Waals surface area contributed by atoms with Crippen molar-refractivity contribution < 1.29 is 61.6 Å². The Bertz CT molecular complexity index is 622. The summed E-state index contributed by atoms with van der Waals surface area (Å²) in [5.74, 6) is 0.505. The van der Waals surface area contributed by atoms with Gasteiger partial charge in [0.15, 0.2) is 0 Å². The fourth-order valence-electron chi connectivity index (χ4n) is 4.49. The zero-order valence-electron chi connectivity index (χ0n) is 30.1. The number of ether oxygens (including phenoxy) is 13. The molecule has 0 radical (unpaired) electrons. The lowest BCUT2D eigenvalue weighted by Crippen LogP contribution is -2.48. The van der Waals surface area contributed by atoms with Crippen molar-refractivity contribution in [1.29, 1.82) is 0 Å². The van der Waals surface area contributed by atoms with Crippen molar-refractivity contribution in [2.45, 2.75) is 32.3 Å². The molecule has 0 atom stereocenters. The van der Waals surface area contributed by atoms with Gasteiger partial charge in [-0.2, -0.15) is 0 Å². The summed E-state index contributed by atoms with van der Waals surface area (Å²) < 4.78 is 71.5. The Morgan fingerprint density at radius 2 is 0.625 bits per heavy atom. The Morgan fingerprint density at radius 3 is 0.854 bits per heavy atom. The van der Waals surface area contributed by atoms with Gasteiger partial charge in [0.25, 0.3) is 0 Å². The normalized spacial score (nSPS) is 14.5. The summed E-state index contributed by atoms with van der Waals surface area (Å²) in [6.45, 7) is 19.5. The number of rotatable bonds is 38. The Balaban J connectivity index is 0.0000221. The fraction of sp³-hybridized carbons (Fsp3) is 1.00. The van der Waals surface area contributed by atoms with Crippen LogP contribution in [-0.2, 0) is 61.6 Å². The van der Waals surface area contributed by atoms with Crippen LogP contribution in [0.25, 0.3) is 0 Å². The van der Waals surface area contributed by atoms with Crippen LogP contribution in [0.5, 0.6) is 0 Å². The minimum absolute atomic E-state index is 0. The monoisotopic (exact) mass is 721 g/mol. The summed E-state index contributed by atoms with van der Waals surface area (Å²) in [4.78, 5) is 0. The van der Waals surface area contributed by atoms with Gasteiger partial charge in [-0.3, -0.25) is 0 Å². The highest BCUT2D eigenvalue weighted by Gasteiger charge is 2.35. The number of hydrogen-bond donors (Lipinski definition) is 1. The molecule has 0 spiro atoms. The minimum atomic E-state index is -0.0154. The minimum Gasteiger partial charge on any atom is -0.382 e. The number of halogens is 1. The molecule has 15 heteroatoms. The van der Waals surface area contributed by atoms with Gasteiger partial charge in [-0.1, -0.05) is 13.8 Å². The van der Waals surface area contributed by atoms with Crippen LogP contribution in [0.15, 0.2) is 0 Å². The summed E-state index contributed by atoms with van der Waals surface area (Å²) >= 11 is 0. The predicted octanol–water partition coefficient (Wildman–Crippen LogP) is 2.03. The van der Waals surface area contributed by atoms with Crippen molar-refractivity contribution in [2.75, 3.05) is 179 Å². The number of piperidine rings is 1. The molecule has 0 amide bonds. The molecule has 0 aliphatic carbocycles. The Kier molecular flexibility index (Phi) is 37.8. The third-order valence-electron chi connectivity index (χ3n) is 7.27. The molecule has 0 unspecified atom stereocenters. The molecular weight excluding hydrogens is 654 g/mol. The topological polar surface area (TPSA) is 132 Å². The molecule has 1 aliphatic rings. The van der Waals surface area contributed by atoms with Crippen LogP contribution in [-0.4, -0.2) is 184 Å². The number of nitrogens with one attached hydrogen (secondary N) is 1. The van der Waals surface area contributed by atoms with Gasteiger partial charge in [0.1, 0.15) is 0 Å². The van der Waals surface area contributed by atoms with E-state index in [9.17, 15) is 0 Å². The Morgan fingerprint density at radius 1 is 0.396 bits per heavy atom. The molecule has 48 heavy (non-hydrogen) atoms. The predicted molar refractivity (Wildman–Crippen MR) is 184 cm³/mol. The molecule has 0 aromatic heterocycles. The van der Waals surface area contributed by atoms with Crippen molar-refractivity contribution in [2.24, 2.45) is 5.92 Å². The van der Waals surface area contributed by atoms with E-state index in [1.165, 1.54) is 0 Å². The van der Waals surface area contributed by atoms with E-state index >= 15 is 0 Å². The zero-order valence-corrected chi connectivity index (χ0v) is 30.9. The van der Waals surface area contributed by atoms with Crippen LogP contribution in [0.4, 0.5) is 0 Å². The van der Waals surface area contributed by atoms with E-state index in [1.54, 1.807) is 7.11 Å². The quantitative estimate of drug-likeness (QED) is 0.0933. The third kappa shape index (κ3) is 30.5. The molecule has 0 aromatic carbocycles. The van der Waals surface area contributed by atoms with Gasteiger partial charge in [0.05, 0.1) is 164 Å². The first-order chi connectivity index (χ1) is 23.2. The van der Waals surface area contributed by atoms with E-state index in [0.717, 1.165) is 25.9 Å². The van der Waals surface area contributed by atoms with Crippen LogP contribution in [0.1, 0.15) is 26.7 Å². The van der Waals surface area contributed by atoms with E-state index in [1.807, 2.05) is 0 Å². The van der Waals surface area contributed by atoms with Gasteiger partial charge in [-0.25, -0.2) is 0 Å². The first-order valence-corrected chi connectivity index (χ1v) is 17.4. The highest BCUT2D eigenvalue weighted by Crippen LogP contribution is 2.31. The highest BCUT2D eigenvalue weighted by molar-refractivity contribution is 5.85. The molecule has 14 nitrogen and oxygen atoms in total. The van der Waals surface area contributed by atoms with E-state index < -0.39 is 0 Å². The molecule has 0 saturated carbocycles. The van der Waals surface area contributed by atoms with Gasteiger partial charge >= 0.3 is 0 Å². The largest absolute Gasteiger partial charge is 0.382 e. The van der Waals surface area contributed by atoms with Crippen LogP contribution in [0.3, 0.4) is 0 Å². The second kappa shape index (κ2) is 38.0. The maximum atomic E-state index is 6.24. The average Bonchev–Trinajstić information content (AvgIpc) is 3.08. The molecule has 1 aliphatic heterocycles. The molecule has 1 rings (SSSR count). The second-order valence-electron chi connectivity index (χ2n) is 11.0. The second-order valence-corrected chi connectivity index (χ2v) is 11.0. The lowest BCUT2D eigenvalue weighted by atomic mass is 9.82. The van der Waals surface area contributed by atoms with Crippen molar-refractivity contribution in [1.82, 2.24) is 5.32 Å². The first kappa shape index (κ1) is 47.7. The van der Waals surface area contributed by atoms with Gasteiger partial charge in [-0.05, 0) is 31.8 Å². The van der Waals surface area contributed by atoms with Crippen molar-refractivity contribution in [3.05, 3.63) is 0 Å². The van der Waals surface area contributed by atoms with Crippen LogP contribution < -0.4 is 5.32 Å². The summed E-state index contributed by atoms with van der Waals surface area (Å²) in [6.07, 6.45) is 2.12. The van der Waals surface area contributed by atoms with Crippen molar-refractivity contribution in [3.63, 3.8) is 0 Å². The van der Waals surface area contributed by atoms with E-state index in [-0.39, 0.29) is 18.0 Å². The van der Waals surface area contributed by atoms with E-state index in [0.29, 0.717) is 164 Å². The van der Waals surface area contributed by atoms with E-state index in [2.05, 4.69) is 19.2 Å². The lowest BCUT2D eigenvalue weighted by molar-refractivity contribution is -0.113. The molecule has 1 N–H and O–H groups in total. The number of hydrogen-bond acceptors (Lipinski definition) is 14. The molecule has 290 valence electrons. The first-order valence-electron chi connectivity index (χ1n) is 17.4. The van der Waals surface area contributed by atoms with Crippen LogP contribution in [0.2, 0.25) is 0 Å². The van der Waals surface area contributed by atoms with Crippen LogP contribution >= 0.6 is 12.4 Å². The highest BCUT2D eigenvalue weighted by atomic mass is 35.5. The molecule has 0 bridgehead atoms. The van der Waals surface area contributed by atoms with Gasteiger partial charge < -0.3 is 66.9 Å². The zero-order chi connectivity index (χ0) is 33.8. The Labute approximate surface area is 296 Å². The number of methoxy groups -OCH3 is 1. The van der Waals surface area contributed by atoms with Crippen molar-refractivity contribution in [3.8, 4) is 0 Å². The summed E-state index contributed by atoms with van der Waals surface area (Å²) in [5.41, 5.74) is -0.0154. The van der Waals surface area contributed by atoms with Gasteiger partial charge in [-0.15, -0.1) is 12.4 Å². The third-order valence-corrected chi connectivity index (χ3v) is 7.27. The van der Waals surface area contributed by atoms with Gasteiger partial charge in [0, 0.05) is 7.11 Å². The summed E-state index contributed by atoms with van der Waals surface area (Å²) in [5, 5.41) is 3.41. The molecular formula is C33H68ClNO13. The fourth-order valence-corrected chi connectivity index (χ4v) is 4.49. The van der Waals surface area contributed by atoms with Crippen molar-refractivity contribution >= 4 is 12.4 Å². The maximum absolute atomic E-state index is 6.24. The molecule has 1 heterocycles. The summed E-state index contributed by atoms with van der Waals surface area (Å²) in [6, 6.07) is 0. The Hall–Kier alpha value is -0.270. The van der Waals surface area contributed by atoms with Gasteiger partial charge in [0.2, 0.25) is 0 Å². The standard InChI is InChI=1S/C33H67NO13.ClH/c1-32(2)33(4-6-34-7-5-33)47-31-30-46-29-28-45-27-26-44-25-24-43-23-22-42-21-20-41-19-18-40-17-16-39-15-14-38-13-12-37-11-10-36-9-8-35-3;/h32,34H,4-31H2,1-3H3;1H. The van der Waals surface area contributed by atoms with E-state index in [4.69, 9.17) is 61.6 Å². The molecule has 1 fully saturated rings. The molecule has 0 aromatic rings. The van der Waals surface area contributed by atoms with Crippen LogP contribution in [0, 0.1) is 5.92 Å². The molecule has 1 saturated heterocycles. The smallest absolute Gasteiger partial charge is 0.0730 e. The average molecular weight is 722 g/mol. The maximum Gasteiger partial charge on any atom is 0.0730 e.